The van der Waals surface area contributed by atoms with Crippen LogP contribution in [-0.4, -0.2) is 15.7 Å². The van der Waals surface area contributed by atoms with Crippen molar-refractivity contribution in [3.63, 3.8) is 0 Å². The van der Waals surface area contributed by atoms with E-state index in [0.29, 0.717) is 12.1 Å². The van der Waals surface area contributed by atoms with Gasteiger partial charge in [-0.1, -0.05) is 20.8 Å². The molecule has 3 aromatic rings. The molecule has 0 aliphatic rings. The molecule has 8 heteroatoms. The number of nitrogens with zero attached hydrogens (tertiary/aromatic N) is 3. The molecule has 0 saturated carbocycles. The summed E-state index contributed by atoms with van der Waals surface area (Å²) in [6.45, 7) is 6.23. The van der Waals surface area contributed by atoms with Crippen LogP contribution in [0.25, 0.3) is 22.2 Å². The Morgan fingerprint density at radius 1 is 1.24 bits per heavy atom. The first-order valence-electron chi connectivity index (χ1n) is 8.92. The quantitative estimate of drug-likeness (QED) is 0.601. The summed E-state index contributed by atoms with van der Waals surface area (Å²) < 4.78 is 56.4. The van der Waals surface area contributed by atoms with Crippen LogP contribution >= 0.6 is 0 Å². The van der Waals surface area contributed by atoms with E-state index in [1.54, 1.807) is 10.6 Å². The molecule has 0 spiro atoms. The van der Waals surface area contributed by atoms with Gasteiger partial charge in [-0.15, -0.1) is 0 Å². The highest BCUT2D eigenvalue weighted by atomic mass is 19.4. The number of alkyl halides is 3. The molecule has 152 valence electrons. The summed E-state index contributed by atoms with van der Waals surface area (Å²) >= 11 is 0. The Hall–Kier alpha value is -2.92. The summed E-state index contributed by atoms with van der Waals surface area (Å²) in [4.78, 5) is 4.10. The Bertz CT molecular complexity index is 1100. The van der Waals surface area contributed by atoms with Crippen molar-refractivity contribution in [3.8, 4) is 17.3 Å². The second kappa shape index (κ2) is 7.16. The summed E-state index contributed by atoms with van der Waals surface area (Å²) in [7, 11) is 0. The highest BCUT2D eigenvalue weighted by Crippen LogP contribution is 2.38. The Balaban J connectivity index is 2.31. The number of halogens is 4. The molecule has 0 aliphatic heterocycles. The van der Waals surface area contributed by atoms with E-state index in [0.717, 1.165) is 6.07 Å². The highest BCUT2D eigenvalue weighted by molar-refractivity contribution is 5.89. The molecule has 0 aliphatic carbocycles. The lowest BCUT2D eigenvalue weighted by atomic mass is 9.96. The molecule has 3 rings (SSSR count). The first kappa shape index (κ1) is 20.8. The lowest BCUT2D eigenvalue weighted by Crippen LogP contribution is -2.28. The van der Waals surface area contributed by atoms with E-state index in [-0.39, 0.29) is 33.2 Å². The maximum Gasteiger partial charge on any atom is 0.407 e. The van der Waals surface area contributed by atoms with E-state index in [9.17, 15) is 22.8 Å². The summed E-state index contributed by atoms with van der Waals surface area (Å²) in [5.41, 5.74) is 5.77. The molecule has 1 aromatic carbocycles. The molecule has 2 heterocycles. The Kier molecular flexibility index (Phi) is 5.13. The number of benzene rings is 1. The molecular weight excluding hydrogens is 384 g/mol. The van der Waals surface area contributed by atoms with Gasteiger partial charge >= 0.3 is 6.18 Å². The van der Waals surface area contributed by atoms with Gasteiger partial charge in [0.15, 0.2) is 0 Å². The number of pyridine rings is 1. The van der Waals surface area contributed by atoms with E-state index >= 15 is 0 Å². The van der Waals surface area contributed by atoms with E-state index in [1.807, 2.05) is 26.8 Å². The number of aromatic nitrogens is 2. The first-order chi connectivity index (χ1) is 13.4. The largest absolute Gasteiger partial charge is 0.407 e. The molecule has 29 heavy (non-hydrogen) atoms. The van der Waals surface area contributed by atoms with Crippen molar-refractivity contribution in [1.82, 2.24) is 9.55 Å². The van der Waals surface area contributed by atoms with Crippen molar-refractivity contribution in [3.05, 3.63) is 53.6 Å². The minimum Gasteiger partial charge on any atom is -0.347 e. The molecule has 2 aromatic heterocycles. The van der Waals surface area contributed by atoms with Crippen LogP contribution in [0, 0.1) is 22.6 Å². The minimum absolute atomic E-state index is 0.0510. The van der Waals surface area contributed by atoms with Gasteiger partial charge in [0.05, 0.1) is 11.3 Å². The van der Waals surface area contributed by atoms with Gasteiger partial charge in [0.1, 0.15) is 17.9 Å². The summed E-state index contributed by atoms with van der Waals surface area (Å²) in [6, 6.07) is 5.27. The summed E-state index contributed by atoms with van der Waals surface area (Å²) in [5, 5.41) is 9.39. The van der Waals surface area contributed by atoms with E-state index in [2.05, 4.69) is 4.98 Å². The fourth-order valence-corrected chi connectivity index (χ4v) is 3.30. The third kappa shape index (κ3) is 4.10. The number of rotatable bonds is 3. The maximum absolute atomic E-state index is 14.9. The van der Waals surface area contributed by atoms with Gasteiger partial charge < -0.3 is 10.3 Å². The number of nitriles is 1. The zero-order chi connectivity index (χ0) is 21.6. The van der Waals surface area contributed by atoms with E-state index in [4.69, 9.17) is 5.73 Å². The van der Waals surface area contributed by atoms with Gasteiger partial charge in [0, 0.05) is 41.0 Å². The molecule has 1 atom stereocenters. The molecule has 0 unspecified atom stereocenters. The van der Waals surface area contributed by atoms with Crippen molar-refractivity contribution in [1.29, 1.82) is 5.26 Å². The van der Waals surface area contributed by atoms with Crippen LogP contribution < -0.4 is 5.73 Å². The molecule has 0 amide bonds. The van der Waals surface area contributed by atoms with E-state index in [1.165, 1.54) is 24.5 Å². The fraction of sp³-hybridized carbons (Fsp3) is 0.333. The third-order valence-corrected chi connectivity index (χ3v) is 4.52. The first-order valence-corrected chi connectivity index (χ1v) is 8.92. The number of nitrogens with two attached hydrogens (primary N) is 1. The highest BCUT2D eigenvalue weighted by Gasteiger charge is 2.39. The average Bonchev–Trinajstić information content (AvgIpc) is 2.95. The van der Waals surface area contributed by atoms with Crippen LogP contribution in [-0.2, 0) is 6.54 Å². The Labute approximate surface area is 165 Å². The molecule has 2 N–H and O–H groups in total. The molecule has 0 bridgehead atoms. The van der Waals surface area contributed by atoms with Crippen LogP contribution in [0.2, 0.25) is 0 Å². The van der Waals surface area contributed by atoms with Crippen molar-refractivity contribution in [2.75, 3.05) is 0 Å². The van der Waals surface area contributed by atoms with Gasteiger partial charge in [0.25, 0.3) is 0 Å². The second-order valence-corrected chi connectivity index (χ2v) is 8.15. The van der Waals surface area contributed by atoms with Crippen LogP contribution in [0.1, 0.15) is 37.9 Å². The average molecular weight is 404 g/mol. The minimum atomic E-state index is -4.66. The standard InChI is InChI=1S/C21H20F4N4/c1-20(2,3)11-29-10-15(19(27)21(23,24)25)13-7-16(22)14(8-17(13)29)18-12(9-26)5-4-6-28-18/h4-8,10,19H,11,27H2,1-3H3/t19-/m0/s1. The van der Waals surface area contributed by atoms with Gasteiger partial charge in [-0.3, -0.25) is 4.98 Å². The van der Waals surface area contributed by atoms with Crippen LogP contribution in [0.3, 0.4) is 0 Å². The summed E-state index contributed by atoms with van der Waals surface area (Å²) in [5.74, 6) is -0.767. The van der Waals surface area contributed by atoms with Crippen LogP contribution in [0.4, 0.5) is 17.6 Å². The second-order valence-electron chi connectivity index (χ2n) is 8.15. The maximum atomic E-state index is 14.9. The predicted octanol–water partition coefficient (Wildman–Crippen LogP) is 5.32. The smallest absolute Gasteiger partial charge is 0.347 e. The van der Waals surface area contributed by atoms with E-state index < -0.39 is 18.0 Å². The fourth-order valence-electron chi connectivity index (χ4n) is 3.30. The SMILES string of the molecule is CC(C)(C)Cn1cc([C@H](N)C(F)(F)F)c2cc(F)c(-c3ncccc3C#N)cc21. The summed E-state index contributed by atoms with van der Waals surface area (Å²) in [6.07, 6.45) is -1.90. The number of fused-ring (bicyclic) bond motifs is 1. The van der Waals surface area contributed by atoms with Crippen LogP contribution in [0.5, 0.6) is 0 Å². The van der Waals surface area contributed by atoms with Crippen molar-refractivity contribution >= 4 is 10.9 Å². The van der Waals surface area contributed by atoms with Crippen molar-refractivity contribution < 1.29 is 17.6 Å². The molecule has 0 radical (unpaired) electrons. The molecule has 0 fully saturated rings. The lowest BCUT2D eigenvalue weighted by molar-refractivity contribution is -0.148. The monoisotopic (exact) mass is 404 g/mol. The van der Waals surface area contributed by atoms with Crippen molar-refractivity contribution in [2.24, 2.45) is 11.1 Å². The van der Waals surface area contributed by atoms with Crippen molar-refractivity contribution in [2.45, 2.75) is 39.5 Å². The normalized spacial score (nSPS) is 13.5. The molecule has 0 saturated heterocycles. The Morgan fingerprint density at radius 3 is 2.52 bits per heavy atom. The lowest BCUT2D eigenvalue weighted by Gasteiger charge is -2.20. The third-order valence-electron chi connectivity index (χ3n) is 4.52. The van der Waals surface area contributed by atoms with Gasteiger partial charge in [0.2, 0.25) is 0 Å². The zero-order valence-electron chi connectivity index (χ0n) is 16.2. The number of hydrogen-bond acceptors (Lipinski definition) is 3. The molecular formula is C21H20F4N4. The number of hydrogen-bond donors (Lipinski definition) is 1. The Morgan fingerprint density at radius 2 is 1.93 bits per heavy atom. The van der Waals surface area contributed by atoms with Gasteiger partial charge in [-0.25, -0.2) is 4.39 Å². The molecule has 4 nitrogen and oxygen atoms in total. The van der Waals surface area contributed by atoms with Crippen LogP contribution in [0.15, 0.2) is 36.7 Å². The van der Waals surface area contributed by atoms with Gasteiger partial charge in [-0.2, -0.15) is 18.4 Å². The topological polar surface area (TPSA) is 67.6 Å². The zero-order valence-corrected chi connectivity index (χ0v) is 16.2. The predicted molar refractivity (Wildman–Crippen MR) is 102 cm³/mol. The van der Waals surface area contributed by atoms with Gasteiger partial charge in [-0.05, 0) is 29.7 Å².